The van der Waals surface area contributed by atoms with Gasteiger partial charge in [-0.25, -0.2) is 4.98 Å². The van der Waals surface area contributed by atoms with Gasteiger partial charge in [0, 0.05) is 45.5 Å². The summed E-state index contributed by atoms with van der Waals surface area (Å²) >= 11 is 3.23. The molecule has 2 fully saturated rings. The number of carbonyl (C=O) groups excluding carboxylic acids is 1. The van der Waals surface area contributed by atoms with Crippen molar-refractivity contribution in [3.63, 3.8) is 0 Å². The molecule has 138 valence electrons. The van der Waals surface area contributed by atoms with E-state index < -0.39 is 0 Å². The number of nitrogens with zero attached hydrogens (tertiary/aromatic N) is 5. The fraction of sp³-hybridized carbons (Fsp3) is 0.471. The van der Waals surface area contributed by atoms with Gasteiger partial charge in [-0.3, -0.25) is 4.79 Å². The van der Waals surface area contributed by atoms with Crippen molar-refractivity contribution in [1.29, 1.82) is 0 Å². The van der Waals surface area contributed by atoms with E-state index in [0.717, 1.165) is 37.9 Å². The highest BCUT2D eigenvalue weighted by molar-refractivity contribution is 9.10. The van der Waals surface area contributed by atoms with Crippen LogP contribution in [0.4, 0.5) is 11.8 Å². The largest absolute Gasteiger partial charge is 0.444 e. The van der Waals surface area contributed by atoms with Crippen LogP contribution in [0.5, 0.6) is 0 Å². The van der Waals surface area contributed by atoms with Crippen LogP contribution in [-0.4, -0.2) is 73.3 Å². The quantitative estimate of drug-likeness (QED) is 0.745. The first-order valence-electron chi connectivity index (χ1n) is 8.66. The molecular weight excluding hydrogens is 402 g/mol. The molecule has 4 heterocycles. The topological polar surface area (TPSA) is 74.9 Å². The fourth-order valence-corrected chi connectivity index (χ4v) is 3.46. The molecular formula is C17H20BrN5O3. The number of morpholine rings is 1. The molecule has 9 heteroatoms. The minimum Gasteiger partial charge on any atom is -0.444 e. The number of piperazine rings is 1. The van der Waals surface area contributed by atoms with Crippen molar-refractivity contribution in [3.05, 3.63) is 34.8 Å². The Hall–Kier alpha value is -2.13. The minimum atomic E-state index is -0.0768. The number of anilines is 2. The fourth-order valence-electron chi connectivity index (χ4n) is 3.15. The van der Waals surface area contributed by atoms with Crippen LogP contribution in [0.25, 0.3) is 0 Å². The summed E-state index contributed by atoms with van der Waals surface area (Å²) in [7, 11) is 0. The minimum absolute atomic E-state index is 0.0768. The van der Waals surface area contributed by atoms with Crippen LogP contribution >= 0.6 is 15.9 Å². The second-order valence-corrected chi connectivity index (χ2v) is 6.98. The normalized spacial score (nSPS) is 18.3. The predicted molar refractivity (Wildman–Crippen MR) is 99.6 cm³/mol. The van der Waals surface area contributed by atoms with E-state index in [2.05, 4.69) is 30.7 Å². The van der Waals surface area contributed by atoms with E-state index in [4.69, 9.17) is 14.1 Å². The molecule has 2 saturated heterocycles. The lowest BCUT2D eigenvalue weighted by Gasteiger charge is -2.35. The number of rotatable bonds is 3. The molecule has 0 aliphatic carbocycles. The first kappa shape index (κ1) is 17.3. The average molecular weight is 422 g/mol. The molecule has 1 amide bonds. The van der Waals surface area contributed by atoms with Crippen LogP contribution in [0.3, 0.4) is 0 Å². The number of halogens is 1. The lowest BCUT2D eigenvalue weighted by Crippen LogP contribution is -2.49. The van der Waals surface area contributed by atoms with Crippen LogP contribution < -0.4 is 9.80 Å². The Morgan fingerprint density at radius 3 is 2.46 bits per heavy atom. The number of ether oxygens (including phenoxy) is 1. The summed E-state index contributed by atoms with van der Waals surface area (Å²) in [5.74, 6) is 1.92. The van der Waals surface area contributed by atoms with Gasteiger partial charge >= 0.3 is 0 Å². The van der Waals surface area contributed by atoms with Gasteiger partial charge in [-0.2, -0.15) is 4.98 Å². The summed E-state index contributed by atoms with van der Waals surface area (Å²) in [6.07, 6.45) is 1.80. The molecule has 26 heavy (non-hydrogen) atoms. The highest BCUT2D eigenvalue weighted by Crippen LogP contribution is 2.20. The average Bonchev–Trinajstić information content (AvgIpc) is 3.15. The Morgan fingerprint density at radius 1 is 1.00 bits per heavy atom. The van der Waals surface area contributed by atoms with Crippen molar-refractivity contribution >= 4 is 33.6 Å². The number of amides is 1. The van der Waals surface area contributed by atoms with Gasteiger partial charge in [-0.1, -0.05) is 0 Å². The van der Waals surface area contributed by atoms with Gasteiger partial charge in [0.2, 0.25) is 5.95 Å². The molecule has 2 aliphatic heterocycles. The van der Waals surface area contributed by atoms with Crippen LogP contribution in [0.2, 0.25) is 0 Å². The predicted octanol–water partition coefficient (Wildman–Crippen LogP) is 1.63. The molecule has 0 saturated carbocycles. The number of hydrogen-bond acceptors (Lipinski definition) is 7. The summed E-state index contributed by atoms with van der Waals surface area (Å²) in [5.41, 5.74) is 0. The summed E-state index contributed by atoms with van der Waals surface area (Å²) in [6, 6.07) is 5.35. The molecule has 0 N–H and O–H groups in total. The van der Waals surface area contributed by atoms with Gasteiger partial charge in [0.15, 0.2) is 10.4 Å². The molecule has 0 unspecified atom stereocenters. The van der Waals surface area contributed by atoms with Gasteiger partial charge in [-0.05, 0) is 34.1 Å². The number of hydrogen-bond donors (Lipinski definition) is 0. The van der Waals surface area contributed by atoms with Crippen molar-refractivity contribution < 1.29 is 13.9 Å². The summed E-state index contributed by atoms with van der Waals surface area (Å²) in [4.78, 5) is 27.7. The molecule has 0 spiro atoms. The number of carbonyl (C=O) groups is 1. The van der Waals surface area contributed by atoms with E-state index in [1.165, 1.54) is 0 Å². The molecule has 2 aromatic rings. The Labute approximate surface area is 159 Å². The Balaban J connectivity index is 1.39. The number of aromatic nitrogens is 2. The standard InChI is InChI=1S/C17H20BrN5O3/c18-14-2-1-13(26-14)16(24)22-7-5-21(6-8-22)15-3-4-19-17(20-15)23-9-11-25-12-10-23/h1-4H,5-12H2. The number of furan rings is 1. The van der Waals surface area contributed by atoms with Gasteiger partial charge in [-0.15, -0.1) is 0 Å². The zero-order valence-electron chi connectivity index (χ0n) is 14.3. The second-order valence-electron chi connectivity index (χ2n) is 6.20. The van der Waals surface area contributed by atoms with Crippen LogP contribution in [0, 0.1) is 0 Å². The zero-order valence-corrected chi connectivity index (χ0v) is 15.9. The third-order valence-corrected chi connectivity index (χ3v) is 5.02. The van der Waals surface area contributed by atoms with Gasteiger partial charge < -0.3 is 23.9 Å². The van der Waals surface area contributed by atoms with Gasteiger partial charge in [0.05, 0.1) is 13.2 Å². The monoisotopic (exact) mass is 421 g/mol. The van der Waals surface area contributed by atoms with Gasteiger partial charge in [0.25, 0.3) is 5.91 Å². The zero-order chi connectivity index (χ0) is 17.9. The van der Waals surface area contributed by atoms with Crippen molar-refractivity contribution in [3.8, 4) is 0 Å². The molecule has 2 aliphatic rings. The molecule has 0 atom stereocenters. The maximum Gasteiger partial charge on any atom is 0.289 e. The highest BCUT2D eigenvalue weighted by atomic mass is 79.9. The van der Waals surface area contributed by atoms with Crippen molar-refractivity contribution in [2.24, 2.45) is 0 Å². The Kier molecular flexibility index (Phi) is 5.07. The van der Waals surface area contributed by atoms with Crippen LogP contribution in [0.15, 0.2) is 33.5 Å². The maximum absolute atomic E-state index is 12.5. The lowest BCUT2D eigenvalue weighted by atomic mass is 10.3. The first-order valence-corrected chi connectivity index (χ1v) is 9.45. The van der Waals surface area contributed by atoms with Crippen molar-refractivity contribution in [2.45, 2.75) is 0 Å². The summed E-state index contributed by atoms with van der Waals surface area (Å²) in [5, 5.41) is 0. The van der Waals surface area contributed by atoms with E-state index in [1.807, 2.05) is 11.0 Å². The van der Waals surface area contributed by atoms with E-state index in [-0.39, 0.29) is 5.91 Å². The van der Waals surface area contributed by atoms with Gasteiger partial charge in [0.1, 0.15) is 5.82 Å². The van der Waals surface area contributed by atoms with E-state index >= 15 is 0 Å². The Morgan fingerprint density at radius 2 is 1.77 bits per heavy atom. The molecule has 2 aromatic heterocycles. The van der Waals surface area contributed by atoms with E-state index in [9.17, 15) is 4.79 Å². The van der Waals surface area contributed by atoms with E-state index in [0.29, 0.717) is 36.7 Å². The van der Waals surface area contributed by atoms with Crippen molar-refractivity contribution in [2.75, 3.05) is 62.3 Å². The molecule has 4 rings (SSSR count). The highest BCUT2D eigenvalue weighted by Gasteiger charge is 2.25. The smallest absolute Gasteiger partial charge is 0.289 e. The maximum atomic E-state index is 12.5. The molecule has 8 nitrogen and oxygen atoms in total. The summed E-state index contributed by atoms with van der Waals surface area (Å²) < 4.78 is 11.3. The molecule has 0 radical (unpaired) electrons. The molecule has 0 bridgehead atoms. The summed E-state index contributed by atoms with van der Waals surface area (Å²) in [6.45, 7) is 5.76. The van der Waals surface area contributed by atoms with Crippen molar-refractivity contribution in [1.82, 2.24) is 14.9 Å². The third-order valence-electron chi connectivity index (χ3n) is 4.60. The lowest BCUT2D eigenvalue weighted by molar-refractivity contribution is 0.0713. The van der Waals surface area contributed by atoms with E-state index in [1.54, 1.807) is 18.3 Å². The van der Waals surface area contributed by atoms with Crippen LogP contribution in [-0.2, 0) is 4.74 Å². The molecule has 0 aromatic carbocycles. The third kappa shape index (κ3) is 3.68. The SMILES string of the molecule is O=C(c1ccc(Br)o1)N1CCN(c2ccnc(N3CCOCC3)n2)CC1. The first-order chi connectivity index (χ1) is 12.7. The van der Waals surface area contributed by atoms with Crippen LogP contribution in [0.1, 0.15) is 10.6 Å². The second kappa shape index (κ2) is 7.63. The Bertz CT molecular complexity index is 769.